The number of piperazine rings is 1. The number of hydrogen-bond donors (Lipinski definition) is 0. The van der Waals surface area contributed by atoms with Gasteiger partial charge in [0, 0.05) is 49.3 Å². The van der Waals surface area contributed by atoms with E-state index in [1.807, 2.05) is 4.90 Å². The lowest BCUT2D eigenvalue weighted by atomic mass is 9.94. The molecule has 0 unspecified atom stereocenters. The highest BCUT2D eigenvalue weighted by Gasteiger charge is 2.48. The van der Waals surface area contributed by atoms with Gasteiger partial charge < -0.3 is 19.3 Å². The lowest BCUT2D eigenvalue weighted by molar-refractivity contribution is -0.136. The standard InChI is InChI=1S/C38H37Cl2N5O8S/c1-52-38(49)27-3-2-4-30(23-27)54(50,51)45-32-14-13-31(36(47)43-17-15-41(16-18-43)24-33(46)42-19-21-53-22-20-42)37(48)44(32)34(25-5-9-28(39)10-6-25)35(45)26-7-11-29(40)12-8-26/h2-14,23,34-35H,15-22,24H2,1H3/t34-,35+/m0/s1. The van der Waals surface area contributed by atoms with Gasteiger partial charge in [-0.25, -0.2) is 17.5 Å². The van der Waals surface area contributed by atoms with Crippen LogP contribution in [0.1, 0.15) is 43.9 Å². The van der Waals surface area contributed by atoms with Gasteiger partial charge in [-0.1, -0.05) is 53.5 Å². The number of sulfonamides is 1. The lowest BCUT2D eigenvalue weighted by Gasteiger charge is -2.36. The predicted octanol–water partition coefficient (Wildman–Crippen LogP) is 4.10. The molecule has 0 N–H and O–H groups in total. The van der Waals surface area contributed by atoms with Gasteiger partial charge in [-0.15, -0.1) is 0 Å². The Hall–Kier alpha value is -4.73. The summed E-state index contributed by atoms with van der Waals surface area (Å²) in [5.41, 5.74) is 0.302. The molecule has 3 aromatic carbocycles. The quantitative estimate of drug-likeness (QED) is 0.242. The first-order valence-corrected chi connectivity index (χ1v) is 19.5. The first-order valence-electron chi connectivity index (χ1n) is 17.3. The van der Waals surface area contributed by atoms with Crippen molar-refractivity contribution in [3.8, 4) is 0 Å². The Morgan fingerprint density at radius 2 is 1.39 bits per heavy atom. The fourth-order valence-electron chi connectivity index (χ4n) is 7.21. The van der Waals surface area contributed by atoms with E-state index in [2.05, 4.69) is 0 Å². The van der Waals surface area contributed by atoms with E-state index < -0.39 is 39.5 Å². The second-order valence-electron chi connectivity index (χ2n) is 13.2. The van der Waals surface area contributed by atoms with Gasteiger partial charge in [-0.05, 0) is 65.7 Å². The van der Waals surface area contributed by atoms with Crippen LogP contribution in [0.2, 0.25) is 10.0 Å². The number of nitrogens with zero attached hydrogens (tertiary/aromatic N) is 5. The molecule has 1 aromatic heterocycles. The van der Waals surface area contributed by atoms with Crippen LogP contribution in [0, 0.1) is 0 Å². The van der Waals surface area contributed by atoms with E-state index in [-0.39, 0.29) is 34.3 Å². The molecule has 0 aliphatic carbocycles. The molecule has 54 heavy (non-hydrogen) atoms. The number of pyridine rings is 1. The van der Waals surface area contributed by atoms with Gasteiger partial charge >= 0.3 is 5.97 Å². The minimum absolute atomic E-state index is 0.00922. The molecule has 4 aromatic rings. The van der Waals surface area contributed by atoms with Crippen molar-refractivity contribution in [2.24, 2.45) is 0 Å². The van der Waals surface area contributed by atoms with Crippen LogP contribution in [-0.4, -0.2) is 112 Å². The van der Waals surface area contributed by atoms with Crippen molar-refractivity contribution in [3.63, 3.8) is 0 Å². The number of fused-ring (bicyclic) bond motifs is 1. The van der Waals surface area contributed by atoms with Gasteiger partial charge in [0.1, 0.15) is 11.4 Å². The number of benzene rings is 3. The number of carbonyl (C=O) groups is 3. The van der Waals surface area contributed by atoms with E-state index in [9.17, 15) is 27.6 Å². The van der Waals surface area contributed by atoms with E-state index >= 15 is 0 Å². The minimum Gasteiger partial charge on any atom is -0.465 e. The van der Waals surface area contributed by atoms with Gasteiger partial charge in [0.15, 0.2) is 0 Å². The van der Waals surface area contributed by atoms with E-state index in [0.29, 0.717) is 73.7 Å². The van der Waals surface area contributed by atoms with E-state index in [0.717, 1.165) is 4.31 Å². The SMILES string of the molecule is COC(=O)c1cccc(S(=O)(=O)N2c3ccc(C(=O)N4CCN(CC(=O)N5CCOCC5)CC4)c(=O)n3[C@@H](c3ccc(Cl)cc3)[C@H]2c2ccc(Cl)cc2)c1. The van der Waals surface area contributed by atoms with Crippen molar-refractivity contribution >= 4 is 56.8 Å². The Kier molecular flexibility index (Phi) is 10.8. The lowest BCUT2D eigenvalue weighted by Crippen LogP contribution is -2.53. The van der Waals surface area contributed by atoms with Crippen molar-refractivity contribution in [2.75, 3.05) is 70.4 Å². The largest absolute Gasteiger partial charge is 0.465 e. The summed E-state index contributed by atoms with van der Waals surface area (Å²) in [4.78, 5) is 59.2. The molecule has 0 spiro atoms. The number of morpholine rings is 1. The van der Waals surface area contributed by atoms with Crippen LogP contribution in [0.4, 0.5) is 5.82 Å². The Labute approximate surface area is 322 Å². The van der Waals surface area contributed by atoms with E-state index in [1.54, 1.807) is 58.3 Å². The number of aromatic nitrogens is 1. The van der Waals surface area contributed by atoms with Crippen LogP contribution in [0.5, 0.6) is 0 Å². The highest BCUT2D eigenvalue weighted by molar-refractivity contribution is 7.92. The Bertz CT molecular complexity index is 2240. The Morgan fingerprint density at radius 3 is 2.00 bits per heavy atom. The maximum atomic E-state index is 14.8. The van der Waals surface area contributed by atoms with E-state index in [1.165, 1.54) is 48.1 Å². The molecular formula is C38H37Cl2N5O8S. The average molecular weight is 795 g/mol. The van der Waals surface area contributed by atoms with Crippen LogP contribution >= 0.6 is 23.2 Å². The number of amides is 2. The zero-order valence-electron chi connectivity index (χ0n) is 29.3. The molecule has 3 aliphatic rings. The maximum absolute atomic E-state index is 14.8. The van der Waals surface area contributed by atoms with Gasteiger partial charge in [-0.3, -0.25) is 23.9 Å². The number of hydrogen-bond acceptors (Lipinski definition) is 9. The topological polar surface area (TPSA) is 139 Å². The number of rotatable bonds is 8. The number of ether oxygens (including phenoxy) is 2. The molecule has 7 rings (SSSR count). The summed E-state index contributed by atoms with van der Waals surface area (Å²) in [5.74, 6) is -1.19. The Morgan fingerprint density at radius 1 is 0.778 bits per heavy atom. The predicted molar refractivity (Wildman–Crippen MR) is 202 cm³/mol. The highest BCUT2D eigenvalue weighted by atomic mass is 35.5. The number of carbonyl (C=O) groups excluding carboxylic acids is 3. The second kappa shape index (κ2) is 15.6. The molecular weight excluding hydrogens is 757 g/mol. The zero-order chi connectivity index (χ0) is 38.1. The number of methoxy groups -OCH3 is 1. The van der Waals surface area contributed by atoms with E-state index in [4.69, 9.17) is 32.7 Å². The molecule has 0 saturated carbocycles. The molecule has 2 atom stereocenters. The summed E-state index contributed by atoms with van der Waals surface area (Å²) in [6.07, 6.45) is 0. The van der Waals surface area contributed by atoms with Crippen molar-refractivity contribution in [1.29, 1.82) is 0 Å². The number of esters is 1. The molecule has 282 valence electrons. The van der Waals surface area contributed by atoms with Crippen LogP contribution in [0.25, 0.3) is 0 Å². The highest BCUT2D eigenvalue weighted by Crippen LogP contribution is 2.49. The normalized spacial score (nSPS) is 19.1. The molecule has 0 bridgehead atoms. The zero-order valence-corrected chi connectivity index (χ0v) is 31.6. The fourth-order valence-corrected chi connectivity index (χ4v) is 9.14. The first-order chi connectivity index (χ1) is 26.0. The van der Waals surface area contributed by atoms with Crippen LogP contribution in [0.15, 0.2) is 94.6 Å². The third-order valence-corrected chi connectivity index (χ3v) is 12.3. The summed E-state index contributed by atoms with van der Waals surface area (Å²) >= 11 is 12.5. The molecule has 0 radical (unpaired) electrons. The van der Waals surface area contributed by atoms with Gasteiger partial charge in [0.2, 0.25) is 5.91 Å². The molecule has 3 aliphatic heterocycles. The second-order valence-corrected chi connectivity index (χ2v) is 15.8. The summed E-state index contributed by atoms with van der Waals surface area (Å²) < 4.78 is 42.3. The summed E-state index contributed by atoms with van der Waals surface area (Å²) in [6.45, 7) is 3.82. The summed E-state index contributed by atoms with van der Waals surface area (Å²) in [7, 11) is -3.30. The van der Waals surface area contributed by atoms with Crippen LogP contribution in [0.3, 0.4) is 0 Å². The first kappa shape index (κ1) is 37.6. The number of anilines is 1. The monoisotopic (exact) mass is 793 g/mol. The summed E-state index contributed by atoms with van der Waals surface area (Å²) in [6, 6.07) is 19.7. The summed E-state index contributed by atoms with van der Waals surface area (Å²) in [5, 5.41) is 0.860. The minimum atomic E-state index is -4.50. The molecule has 13 nitrogen and oxygen atoms in total. The van der Waals surface area contributed by atoms with Crippen molar-refractivity contribution in [3.05, 3.63) is 128 Å². The van der Waals surface area contributed by atoms with Crippen molar-refractivity contribution in [2.45, 2.75) is 17.0 Å². The smallest absolute Gasteiger partial charge is 0.337 e. The fraction of sp³-hybridized carbons (Fsp3) is 0.316. The Balaban J connectivity index is 1.28. The van der Waals surface area contributed by atoms with Crippen LogP contribution < -0.4 is 9.86 Å². The van der Waals surface area contributed by atoms with Gasteiger partial charge in [0.25, 0.3) is 21.5 Å². The van der Waals surface area contributed by atoms with Crippen LogP contribution in [-0.2, 0) is 24.3 Å². The molecule has 2 fully saturated rings. The number of halogens is 2. The van der Waals surface area contributed by atoms with Gasteiger partial charge in [0.05, 0.1) is 49.4 Å². The molecule has 2 amide bonds. The molecule has 4 heterocycles. The van der Waals surface area contributed by atoms with Gasteiger partial charge in [-0.2, -0.15) is 0 Å². The molecule has 16 heteroatoms. The average Bonchev–Trinajstić information content (AvgIpc) is 3.55. The van der Waals surface area contributed by atoms with Crippen molar-refractivity contribution < 1.29 is 32.3 Å². The van der Waals surface area contributed by atoms with Crippen molar-refractivity contribution in [1.82, 2.24) is 19.3 Å². The third-order valence-electron chi connectivity index (χ3n) is 10.00. The third kappa shape index (κ3) is 7.23. The molecule has 2 saturated heterocycles. The maximum Gasteiger partial charge on any atom is 0.337 e.